The molecule has 10 nitrogen and oxygen atoms in total. The number of aromatic amines is 2. The van der Waals surface area contributed by atoms with Crippen LogP contribution in [0.4, 0.5) is 0 Å². The number of nitrogens with one attached hydrogen (secondary N) is 5. The first kappa shape index (κ1) is 36.9. The van der Waals surface area contributed by atoms with Crippen LogP contribution in [-0.2, 0) is 38.7 Å². The fourth-order valence-electron chi connectivity index (χ4n) is 6.77. The van der Waals surface area contributed by atoms with E-state index in [0.717, 1.165) is 55.4 Å². The van der Waals surface area contributed by atoms with Gasteiger partial charge in [-0.05, 0) is 72.7 Å². The van der Waals surface area contributed by atoms with Gasteiger partial charge in [0.15, 0.2) is 0 Å². The highest BCUT2D eigenvalue weighted by molar-refractivity contribution is 5.94. The second kappa shape index (κ2) is 18.1. The summed E-state index contributed by atoms with van der Waals surface area (Å²) in [6, 6.07) is 33.0. The summed E-state index contributed by atoms with van der Waals surface area (Å²) in [5.41, 5.74) is 10.4. The molecule has 5 N–H and O–H groups in total. The average molecular weight is 714 g/mol. The van der Waals surface area contributed by atoms with E-state index >= 15 is 0 Å². The van der Waals surface area contributed by atoms with Crippen LogP contribution in [0.15, 0.2) is 103 Å². The number of aryl methyl sites for hydroxylation is 1. The zero-order valence-corrected chi connectivity index (χ0v) is 30.3. The number of fused-ring (bicyclic) bond motifs is 2. The highest BCUT2D eigenvalue weighted by atomic mass is 16.6. The average Bonchev–Trinajstić information content (AvgIpc) is 3.70. The minimum absolute atomic E-state index is 0.113. The maximum atomic E-state index is 13.8. The summed E-state index contributed by atoms with van der Waals surface area (Å²) in [5.74, 6) is 0.0395. The highest BCUT2D eigenvalue weighted by Crippen LogP contribution is 2.31. The van der Waals surface area contributed by atoms with E-state index < -0.39 is 6.04 Å². The van der Waals surface area contributed by atoms with E-state index in [2.05, 4.69) is 50.3 Å². The molecule has 6 rings (SSSR count). The molecule has 53 heavy (non-hydrogen) atoms. The molecule has 0 spiro atoms. The van der Waals surface area contributed by atoms with Gasteiger partial charge in [0.1, 0.15) is 11.8 Å². The van der Waals surface area contributed by atoms with E-state index in [4.69, 9.17) is 9.57 Å². The molecule has 3 amide bonds. The summed E-state index contributed by atoms with van der Waals surface area (Å²) in [7, 11) is 1.61. The lowest BCUT2D eigenvalue weighted by atomic mass is 10.0. The third kappa shape index (κ3) is 9.72. The summed E-state index contributed by atoms with van der Waals surface area (Å²) in [4.78, 5) is 51.9. The van der Waals surface area contributed by atoms with Crippen molar-refractivity contribution in [1.82, 2.24) is 26.1 Å². The Bertz CT molecular complexity index is 2140. The van der Waals surface area contributed by atoms with Gasteiger partial charge in [-0.15, -0.1) is 0 Å². The van der Waals surface area contributed by atoms with Gasteiger partial charge < -0.3 is 25.3 Å². The molecule has 0 saturated carbocycles. The number of hydroxylamine groups is 1. The number of carbonyl (C=O) groups is 3. The van der Waals surface area contributed by atoms with Crippen molar-refractivity contribution in [2.24, 2.45) is 0 Å². The molecule has 0 aliphatic heterocycles. The minimum atomic E-state index is -0.734. The predicted octanol–water partition coefficient (Wildman–Crippen LogP) is 7.22. The molecule has 0 aliphatic carbocycles. The summed E-state index contributed by atoms with van der Waals surface area (Å²) >= 11 is 0. The summed E-state index contributed by atoms with van der Waals surface area (Å²) in [6.45, 7) is 2.64. The van der Waals surface area contributed by atoms with Gasteiger partial charge in [-0.25, -0.2) is 5.48 Å². The number of ether oxygens (including phenoxy) is 1. The van der Waals surface area contributed by atoms with E-state index in [-0.39, 0.29) is 24.1 Å². The van der Waals surface area contributed by atoms with Crippen LogP contribution < -0.4 is 20.9 Å². The number of hydrogen-bond acceptors (Lipinski definition) is 5. The van der Waals surface area contributed by atoms with Gasteiger partial charge >= 0.3 is 0 Å². The number of methoxy groups -OCH3 is 1. The van der Waals surface area contributed by atoms with Gasteiger partial charge in [0, 0.05) is 46.2 Å². The predicted molar refractivity (Wildman–Crippen MR) is 208 cm³/mol. The molecule has 6 aromatic rings. The largest absolute Gasteiger partial charge is 0.497 e. The van der Waals surface area contributed by atoms with Crippen molar-refractivity contribution in [3.8, 4) is 17.0 Å². The Labute approximate surface area is 309 Å². The quantitative estimate of drug-likeness (QED) is 0.0474. The third-order valence-corrected chi connectivity index (χ3v) is 9.53. The smallest absolute Gasteiger partial charge is 0.243 e. The van der Waals surface area contributed by atoms with Gasteiger partial charge in [0.25, 0.3) is 0 Å². The van der Waals surface area contributed by atoms with E-state index in [1.807, 2.05) is 85.8 Å². The van der Waals surface area contributed by atoms with Crippen molar-refractivity contribution in [3.05, 3.63) is 126 Å². The Balaban J connectivity index is 1.07. The molecule has 2 aromatic heterocycles. The molecule has 274 valence electrons. The van der Waals surface area contributed by atoms with Crippen LogP contribution >= 0.6 is 0 Å². The van der Waals surface area contributed by atoms with Crippen molar-refractivity contribution < 1.29 is 24.0 Å². The van der Waals surface area contributed by atoms with E-state index in [9.17, 15) is 14.4 Å². The fourth-order valence-corrected chi connectivity index (χ4v) is 6.77. The monoisotopic (exact) mass is 713 g/mol. The molecule has 0 bridgehead atoms. The normalized spacial score (nSPS) is 11.7. The standard InChI is InChI=1S/C43H47N5O5/c1-29-35(36-26-32(52-2)22-23-38(36)45-29)27-41(50)46-39(20-10-5-11-21-40(49)48-53-28-30-14-6-3-7-15-30)43(51)44-25-24-34-33-18-12-13-19-37(33)47-42(34)31-16-8-4-9-17-31/h3-4,6-9,12-19,22-23,26,39,45,47H,5,10-11,20-21,24-25,27-28H2,1-2H3,(H,44,51)(H,46,50)(H,48,49). The van der Waals surface area contributed by atoms with Crippen LogP contribution in [-0.4, -0.2) is 47.4 Å². The van der Waals surface area contributed by atoms with Crippen LogP contribution in [0, 0.1) is 6.92 Å². The first-order valence-corrected chi connectivity index (χ1v) is 18.2. The number of benzene rings is 4. The molecule has 10 heteroatoms. The molecule has 2 heterocycles. The Hall–Kier alpha value is -5.87. The number of carbonyl (C=O) groups excluding carboxylic acids is 3. The topological polar surface area (TPSA) is 137 Å². The molecular weight excluding hydrogens is 667 g/mol. The third-order valence-electron chi connectivity index (χ3n) is 9.53. The Morgan fingerprint density at radius 3 is 2.28 bits per heavy atom. The van der Waals surface area contributed by atoms with Crippen LogP contribution in [0.2, 0.25) is 0 Å². The SMILES string of the molecule is COc1ccc2[nH]c(C)c(CC(=O)NC(CCCCCC(=O)NOCc3ccccc3)C(=O)NCCc3c(-c4ccccc4)[nH]c4ccccc34)c2c1. The van der Waals surface area contributed by atoms with Gasteiger partial charge in [-0.3, -0.25) is 19.2 Å². The van der Waals surface area contributed by atoms with Gasteiger partial charge in [-0.2, -0.15) is 0 Å². The Kier molecular flexibility index (Phi) is 12.6. The van der Waals surface area contributed by atoms with E-state index in [0.29, 0.717) is 57.4 Å². The maximum Gasteiger partial charge on any atom is 0.243 e. The molecule has 1 unspecified atom stereocenters. The summed E-state index contributed by atoms with van der Waals surface area (Å²) in [6.07, 6.45) is 3.45. The number of aromatic nitrogens is 2. The maximum absolute atomic E-state index is 13.8. The summed E-state index contributed by atoms with van der Waals surface area (Å²) < 4.78 is 5.42. The van der Waals surface area contributed by atoms with Gasteiger partial charge in [0.2, 0.25) is 17.7 Å². The van der Waals surface area contributed by atoms with E-state index in [1.165, 1.54) is 0 Å². The van der Waals surface area contributed by atoms with Crippen LogP contribution in [0.5, 0.6) is 5.75 Å². The molecule has 0 radical (unpaired) electrons. The van der Waals surface area contributed by atoms with Crippen molar-refractivity contribution in [2.45, 2.75) is 64.5 Å². The molecule has 1 atom stereocenters. The molecular formula is C43H47N5O5. The lowest BCUT2D eigenvalue weighted by Crippen LogP contribution is -2.47. The number of H-pyrrole nitrogens is 2. The lowest BCUT2D eigenvalue weighted by molar-refractivity contribution is -0.134. The second-order valence-electron chi connectivity index (χ2n) is 13.3. The van der Waals surface area contributed by atoms with Gasteiger partial charge in [-0.1, -0.05) is 91.7 Å². The van der Waals surface area contributed by atoms with Crippen LogP contribution in [0.25, 0.3) is 33.1 Å². The van der Waals surface area contributed by atoms with Crippen molar-refractivity contribution in [3.63, 3.8) is 0 Å². The molecule has 0 fully saturated rings. The van der Waals surface area contributed by atoms with E-state index in [1.54, 1.807) is 7.11 Å². The van der Waals surface area contributed by atoms with Crippen molar-refractivity contribution in [2.75, 3.05) is 13.7 Å². The first-order valence-electron chi connectivity index (χ1n) is 18.2. The second-order valence-corrected chi connectivity index (χ2v) is 13.3. The Morgan fingerprint density at radius 1 is 0.755 bits per heavy atom. The molecule has 0 saturated heterocycles. The first-order chi connectivity index (χ1) is 25.9. The van der Waals surface area contributed by atoms with Crippen molar-refractivity contribution in [1.29, 1.82) is 0 Å². The number of rotatable bonds is 18. The zero-order chi connectivity index (χ0) is 37.0. The zero-order valence-electron chi connectivity index (χ0n) is 30.3. The minimum Gasteiger partial charge on any atom is -0.497 e. The fraction of sp³-hybridized carbons (Fsp3) is 0.279. The van der Waals surface area contributed by atoms with Gasteiger partial charge in [0.05, 0.1) is 20.1 Å². The number of hydrogen-bond donors (Lipinski definition) is 5. The molecule has 0 aliphatic rings. The number of amides is 3. The number of para-hydroxylation sites is 1. The Morgan fingerprint density at radius 2 is 1.49 bits per heavy atom. The lowest BCUT2D eigenvalue weighted by Gasteiger charge is -2.19. The summed E-state index contributed by atoms with van der Waals surface area (Å²) in [5, 5.41) is 8.17. The highest BCUT2D eigenvalue weighted by Gasteiger charge is 2.23. The van der Waals surface area contributed by atoms with Crippen molar-refractivity contribution >= 4 is 39.5 Å². The van der Waals surface area contributed by atoms with Crippen LogP contribution in [0.1, 0.15) is 54.5 Å². The number of unbranched alkanes of at least 4 members (excludes halogenated alkanes) is 2. The molecule has 4 aromatic carbocycles. The van der Waals surface area contributed by atoms with Crippen LogP contribution in [0.3, 0.4) is 0 Å².